The van der Waals surface area contributed by atoms with Gasteiger partial charge in [0.1, 0.15) is 12.4 Å². The van der Waals surface area contributed by atoms with E-state index in [-0.39, 0.29) is 13.2 Å². The van der Waals surface area contributed by atoms with Crippen LogP contribution in [-0.2, 0) is 14.9 Å². The molecule has 0 heterocycles. The summed E-state index contributed by atoms with van der Waals surface area (Å²) >= 11 is 0. The van der Waals surface area contributed by atoms with E-state index >= 15 is 0 Å². The highest BCUT2D eigenvalue weighted by Gasteiger charge is 2.24. The Hall–Kier alpha value is -1.82. The molecule has 0 saturated heterocycles. The van der Waals surface area contributed by atoms with Crippen LogP contribution in [0.4, 0.5) is 9.18 Å². The molecule has 0 aliphatic heterocycles. The van der Waals surface area contributed by atoms with Crippen LogP contribution in [0.2, 0.25) is 0 Å². The van der Waals surface area contributed by atoms with Crippen molar-refractivity contribution in [3.05, 3.63) is 29.8 Å². The number of hydrogen-bond acceptors (Lipinski definition) is 4. The van der Waals surface area contributed by atoms with E-state index < -0.39 is 24.5 Å². The van der Waals surface area contributed by atoms with Crippen molar-refractivity contribution in [3.8, 4) is 5.75 Å². The maximum absolute atomic E-state index is 13.2. The third kappa shape index (κ3) is 6.06. The molecule has 23 heavy (non-hydrogen) atoms. The molecule has 0 aliphatic rings. The van der Waals surface area contributed by atoms with E-state index in [1.807, 2.05) is 26.0 Å². The number of halogens is 1. The van der Waals surface area contributed by atoms with Gasteiger partial charge < -0.3 is 19.5 Å². The zero-order valence-corrected chi connectivity index (χ0v) is 14.2. The first kappa shape index (κ1) is 19.2. The van der Waals surface area contributed by atoms with Crippen molar-refractivity contribution in [1.82, 2.24) is 5.32 Å². The summed E-state index contributed by atoms with van der Waals surface area (Å²) in [5.41, 5.74) is 0.486. The topological polar surface area (TPSA) is 56.8 Å². The summed E-state index contributed by atoms with van der Waals surface area (Å²) < 4.78 is 29.0. The van der Waals surface area contributed by atoms with Crippen molar-refractivity contribution in [3.63, 3.8) is 0 Å². The first-order valence-corrected chi connectivity index (χ1v) is 7.74. The molecule has 0 aliphatic carbocycles. The summed E-state index contributed by atoms with van der Waals surface area (Å²) in [7, 11) is 1.49. The van der Waals surface area contributed by atoms with E-state index in [9.17, 15) is 9.18 Å². The summed E-state index contributed by atoms with van der Waals surface area (Å²) in [4.78, 5) is 10.9. The van der Waals surface area contributed by atoms with Crippen LogP contribution >= 0.6 is 0 Å². The lowest BCUT2D eigenvalue weighted by Crippen LogP contribution is -2.24. The Morgan fingerprint density at radius 3 is 2.48 bits per heavy atom. The van der Waals surface area contributed by atoms with Crippen LogP contribution < -0.4 is 10.1 Å². The van der Waals surface area contributed by atoms with E-state index in [4.69, 9.17) is 14.2 Å². The molecule has 1 aromatic carbocycles. The van der Waals surface area contributed by atoms with Crippen LogP contribution in [0.25, 0.3) is 0 Å². The van der Waals surface area contributed by atoms with Gasteiger partial charge in [-0.1, -0.05) is 26.0 Å². The van der Waals surface area contributed by atoms with Crippen LogP contribution in [0.1, 0.15) is 32.8 Å². The number of rotatable bonds is 9. The second kappa shape index (κ2) is 9.35. The van der Waals surface area contributed by atoms with Gasteiger partial charge in [0.05, 0.1) is 13.3 Å². The minimum atomic E-state index is -0.496. The van der Waals surface area contributed by atoms with Gasteiger partial charge in [-0.25, -0.2) is 4.79 Å². The van der Waals surface area contributed by atoms with Gasteiger partial charge in [0.25, 0.3) is 0 Å². The van der Waals surface area contributed by atoms with Crippen molar-refractivity contribution in [2.45, 2.75) is 38.9 Å². The molecular weight excluding hydrogens is 301 g/mol. The van der Waals surface area contributed by atoms with Crippen molar-refractivity contribution in [1.29, 1.82) is 0 Å². The summed E-state index contributed by atoms with van der Waals surface area (Å²) in [6.45, 7) is 5.63. The second-order valence-corrected chi connectivity index (χ2v) is 5.51. The first-order chi connectivity index (χ1) is 10.9. The van der Waals surface area contributed by atoms with Crippen molar-refractivity contribution in [2.24, 2.45) is 0 Å². The molecule has 2 atom stereocenters. The van der Waals surface area contributed by atoms with Crippen molar-refractivity contribution in [2.75, 3.05) is 26.9 Å². The molecule has 5 nitrogen and oxygen atoms in total. The normalized spacial score (nSPS) is 14.7. The van der Waals surface area contributed by atoms with E-state index in [1.165, 1.54) is 7.05 Å². The number of alkyl halides is 1. The summed E-state index contributed by atoms with van der Waals surface area (Å²) in [6.07, 6.45) is -0.244. The second-order valence-electron chi connectivity index (χ2n) is 5.51. The van der Waals surface area contributed by atoms with Crippen LogP contribution in [0.5, 0.6) is 5.75 Å². The van der Waals surface area contributed by atoms with E-state index in [2.05, 4.69) is 5.32 Å². The van der Waals surface area contributed by atoms with Gasteiger partial charge >= 0.3 is 6.09 Å². The van der Waals surface area contributed by atoms with Gasteiger partial charge in [-0.2, -0.15) is 0 Å². The largest absolute Gasteiger partial charge is 0.465 e. The predicted octanol–water partition coefficient (Wildman–Crippen LogP) is 3.42. The molecule has 1 rings (SSSR count). The monoisotopic (exact) mass is 327 g/mol. The number of amides is 1. The first-order valence-electron chi connectivity index (χ1n) is 7.74. The molecule has 0 fully saturated rings. The third-order valence-electron chi connectivity index (χ3n) is 3.80. The van der Waals surface area contributed by atoms with Crippen LogP contribution in [0.15, 0.2) is 24.3 Å². The number of alkyl carbamates (subject to hydrolysis) is 1. The fraction of sp³-hybridized carbons (Fsp3) is 0.588. The molecule has 0 bridgehead atoms. The zero-order valence-electron chi connectivity index (χ0n) is 14.2. The summed E-state index contributed by atoms with van der Waals surface area (Å²) in [5.74, 6) is 0.644. The average Bonchev–Trinajstić information content (AvgIpc) is 2.58. The van der Waals surface area contributed by atoms with E-state index in [1.54, 1.807) is 19.1 Å². The number of hydrogen-bond donors (Lipinski definition) is 1. The van der Waals surface area contributed by atoms with Gasteiger partial charge in [0.15, 0.2) is 6.29 Å². The fourth-order valence-electron chi connectivity index (χ4n) is 1.96. The standard InChI is InChI=1S/C17H26FNO4/c1-5-17(3,12-18)14-6-8-15(9-7-14)23-13(2)21-10-11-22-16(20)19-4/h6-9,13H,5,10-12H2,1-4H3,(H,19,20). The predicted molar refractivity (Wildman–Crippen MR) is 86.5 cm³/mol. The molecule has 1 N–H and O–H groups in total. The lowest BCUT2D eigenvalue weighted by atomic mass is 9.81. The number of ether oxygens (including phenoxy) is 3. The van der Waals surface area contributed by atoms with Gasteiger partial charge in [0, 0.05) is 12.5 Å². The molecule has 1 amide bonds. The minimum absolute atomic E-state index is 0.150. The number of carbonyl (C=O) groups excluding carboxylic acids is 1. The molecule has 0 aromatic heterocycles. The highest BCUT2D eigenvalue weighted by atomic mass is 19.1. The SMILES string of the molecule is CCC(C)(CF)c1ccc(OC(C)OCCOC(=O)NC)cc1. The Balaban J connectivity index is 2.44. The van der Waals surface area contributed by atoms with Gasteiger partial charge in [0.2, 0.25) is 0 Å². The van der Waals surface area contributed by atoms with Crippen LogP contribution in [0.3, 0.4) is 0 Å². The Morgan fingerprint density at radius 1 is 1.30 bits per heavy atom. The number of nitrogens with one attached hydrogen (secondary N) is 1. The van der Waals surface area contributed by atoms with Gasteiger partial charge in [-0.05, 0) is 31.0 Å². The molecule has 6 heteroatoms. The molecule has 130 valence electrons. The maximum Gasteiger partial charge on any atom is 0.406 e. The summed E-state index contributed by atoms with van der Waals surface area (Å²) in [5, 5.41) is 2.35. The lowest BCUT2D eigenvalue weighted by Gasteiger charge is -2.25. The Bertz CT molecular complexity index is 474. The third-order valence-corrected chi connectivity index (χ3v) is 3.80. The lowest BCUT2D eigenvalue weighted by molar-refractivity contribution is -0.0769. The highest BCUT2D eigenvalue weighted by Crippen LogP contribution is 2.29. The molecule has 0 saturated carbocycles. The Kier molecular flexibility index (Phi) is 7.81. The van der Waals surface area contributed by atoms with E-state index in [0.29, 0.717) is 5.75 Å². The molecule has 1 aromatic rings. The highest BCUT2D eigenvalue weighted by molar-refractivity contribution is 5.66. The van der Waals surface area contributed by atoms with Crippen LogP contribution in [0, 0.1) is 0 Å². The quantitative estimate of drug-likeness (QED) is 0.558. The maximum atomic E-state index is 13.2. The Morgan fingerprint density at radius 2 is 1.96 bits per heavy atom. The minimum Gasteiger partial charge on any atom is -0.465 e. The molecule has 2 unspecified atom stereocenters. The Labute approximate surface area is 137 Å². The average molecular weight is 327 g/mol. The van der Waals surface area contributed by atoms with E-state index in [0.717, 1.165) is 12.0 Å². The number of carbonyl (C=O) groups is 1. The molecule has 0 spiro atoms. The zero-order chi connectivity index (χ0) is 17.3. The van der Waals surface area contributed by atoms with Gasteiger partial charge in [-0.15, -0.1) is 0 Å². The van der Waals surface area contributed by atoms with Gasteiger partial charge in [-0.3, -0.25) is 4.39 Å². The van der Waals surface area contributed by atoms with Crippen molar-refractivity contribution >= 4 is 6.09 Å². The van der Waals surface area contributed by atoms with Crippen molar-refractivity contribution < 1.29 is 23.4 Å². The number of benzene rings is 1. The smallest absolute Gasteiger partial charge is 0.406 e. The molecule has 0 radical (unpaired) electrons. The molecular formula is C17H26FNO4. The van der Waals surface area contributed by atoms with Crippen LogP contribution in [-0.4, -0.2) is 39.3 Å². The fourth-order valence-corrected chi connectivity index (χ4v) is 1.96. The summed E-state index contributed by atoms with van der Waals surface area (Å²) in [6, 6.07) is 7.36.